The predicted molar refractivity (Wildman–Crippen MR) is 126 cm³/mol. The summed E-state index contributed by atoms with van der Waals surface area (Å²) in [6.45, 7) is 1.41. The fourth-order valence-corrected chi connectivity index (χ4v) is 6.83. The Balaban J connectivity index is 1.44. The second-order valence-corrected chi connectivity index (χ2v) is 10.7. The number of sulfonamides is 1. The zero-order chi connectivity index (χ0) is 23.7. The highest BCUT2D eigenvalue weighted by molar-refractivity contribution is 7.89. The maximum absolute atomic E-state index is 14.4. The molecule has 5 rings (SSSR count). The predicted octanol–water partition coefficient (Wildman–Crippen LogP) is 2.90. The van der Waals surface area contributed by atoms with E-state index in [1.165, 1.54) is 28.8 Å². The van der Waals surface area contributed by atoms with Crippen LogP contribution in [0, 0.1) is 5.82 Å². The molecule has 0 radical (unpaired) electrons. The van der Waals surface area contributed by atoms with E-state index in [2.05, 4.69) is 14.9 Å². The molecular weight excluding hydrogens is 455 g/mol. The van der Waals surface area contributed by atoms with Crippen molar-refractivity contribution >= 4 is 10.0 Å². The first-order chi connectivity index (χ1) is 16.5. The van der Waals surface area contributed by atoms with Crippen LogP contribution in [-0.4, -0.2) is 71.0 Å². The van der Waals surface area contributed by atoms with Crippen LogP contribution in [0.5, 0.6) is 0 Å². The molecule has 1 aromatic heterocycles. The van der Waals surface area contributed by atoms with E-state index in [4.69, 9.17) is 0 Å². The molecular formula is C25H27FN4O3S. The zero-order valence-corrected chi connectivity index (χ0v) is 19.5. The number of benzene rings is 2. The van der Waals surface area contributed by atoms with Gasteiger partial charge >= 0.3 is 0 Å². The summed E-state index contributed by atoms with van der Waals surface area (Å²) in [5.74, 6) is -0.761. The van der Waals surface area contributed by atoms with Crippen LogP contribution in [0.3, 0.4) is 0 Å². The van der Waals surface area contributed by atoms with Gasteiger partial charge in [-0.05, 0) is 42.6 Å². The molecule has 0 amide bonds. The highest BCUT2D eigenvalue weighted by Crippen LogP contribution is 2.43. The number of halogens is 1. The van der Waals surface area contributed by atoms with Crippen molar-refractivity contribution in [2.45, 2.75) is 35.7 Å². The summed E-state index contributed by atoms with van der Waals surface area (Å²) in [7, 11) is -3.97. The van der Waals surface area contributed by atoms with E-state index in [0.717, 1.165) is 29.7 Å². The average molecular weight is 483 g/mol. The van der Waals surface area contributed by atoms with Gasteiger partial charge < -0.3 is 5.11 Å². The summed E-state index contributed by atoms with van der Waals surface area (Å²) in [4.78, 5) is 10.0. The Hall–Kier alpha value is -2.72. The number of hydrogen-bond acceptors (Lipinski definition) is 6. The van der Waals surface area contributed by atoms with Crippen LogP contribution >= 0.6 is 0 Å². The van der Waals surface area contributed by atoms with Gasteiger partial charge in [0.15, 0.2) is 0 Å². The summed E-state index contributed by atoms with van der Waals surface area (Å²) in [6, 6.07) is 13.4. The number of fused-ring (bicyclic) bond motifs is 1. The SMILES string of the molecule is O=S(=O)(c1ccccc1F)N1CCCCN2[C@@H](CO)[C@@H](c3ccc(-c4cncnc4)cc3)[C@@H]2C1. The van der Waals surface area contributed by atoms with Crippen molar-refractivity contribution in [1.82, 2.24) is 19.2 Å². The third-order valence-corrected chi connectivity index (χ3v) is 8.87. The van der Waals surface area contributed by atoms with Gasteiger partial charge in [0.1, 0.15) is 17.0 Å². The second kappa shape index (κ2) is 9.50. The Bertz CT molecular complexity index is 1240. The van der Waals surface area contributed by atoms with E-state index < -0.39 is 15.8 Å². The quantitative estimate of drug-likeness (QED) is 0.602. The van der Waals surface area contributed by atoms with Gasteiger partial charge in [0.2, 0.25) is 10.0 Å². The molecule has 0 saturated carbocycles. The van der Waals surface area contributed by atoms with Gasteiger partial charge in [-0.2, -0.15) is 4.31 Å². The van der Waals surface area contributed by atoms with Crippen molar-refractivity contribution in [3.05, 3.63) is 78.6 Å². The molecule has 9 heteroatoms. The monoisotopic (exact) mass is 482 g/mol. The van der Waals surface area contributed by atoms with E-state index in [0.29, 0.717) is 13.0 Å². The molecule has 3 aromatic rings. The highest BCUT2D eigenvalue weighted by Gasteiger charge is 2.50. The van der Waals surface area contributed by atoms with Crippen molar-refractivity contribution in [1.29, 1.82) is 0 Å². The number of aliphatic hydroxyl groups excluding tert-OH is 1. The minimum Gasteiger partial charge on any atom is -0.395 e. The third-order valence-electron chi connectivity index (χ3n) is 6.98. The first kappa shape index (κ1) is 23.0. The third kappa shape index (κ3) is 4.13. The van der Waals surface area contributed by atoms with Crippen LogP contribution in [0.4, 0.5) is 4.39 Å². The summed E-state index contributed by atoms with van der Waals surface area (Å²) in [6.07, 6.45) is 6.50. The van der Waals surface area contributed by atoms with E-state index in [9.17, 15) is 17.9 Å². The van der Waals surface area contributed by atoms with Gasteiger partial charge in [0, 0.05) is 49.0 Å². The lowest BCUT2D eigenvalue weighted by atomic mass is 9.74. The molecule has 2 fully saturated rings. The Kier molecular flexibility index (Phi) is 6.44. The zero-order valence-electron chi connectivity index (χ0n) is 18.7. The molecule has 0 spiro atoms. The molecule has 3 atom stereocenters. The fraction of sp³-hybridized carbons (Fsp3) is 0.360. The molecule has 178 valence electrons. The lowest BCUT2D eigenvalue weighted by molar-refractivity contribution is -0.0554. The summed E-state index contributed by atoms with van der Waals surface area (Å²) in [5.41, 5.74) is 2.95. The van der Waals surface area contributed by atoms with Gasteiger partial charge in [0.25, 0.3) is 0 Å². The molecule has 2 aliphatic rings. The van der Waals surface area contributed by atoms with Crippen LogP contribution in [-0.2, 0) is 10.0 Å². The summed E-state index contributed by atoms with van der Waals surface area (Å²) < 4.78 is 42.5. The second-order valence-electron chi connectivity index (χ2n) is 8.83. The van der Waals surface area contributed by atoms with Gasteiger partial charge in [0.05, 0.1) is 6.61 Å². The van der Waals surface area contributed by atoms with Gasteiger partial charge in [-0.1, -0.05) is 36.4 Å². The Morgan fingerprint density at radius 1 is 0.971 bits per heavy atom. The molecule has 3 heterocycles. The Morgan fingerprint density at radius 2 is 1.68 bits per heavy atom. The molecule has 0 unspecified atom stereocenters. The molecule has 7 nitrogen and oxygen atoms in total. The molecule has 2 aliphatic heterocycles. The standard InChI is InChI=1S/C25H27FN4O3S/c26-21-5-1-2-6-24(21)34(32,33)29-11-3-4-12-30-22(15-29)25(23(30)16-31)19-9-7-18(8-10-19)20-13-27-17-28-14-20/h1-2,5-10,13-14,17,22-23,25,31H,3-4,11-12,15-16H2/t22-,23-,25-/m0/s1. The van der Waals surface area contributed by atoms with Crippen LogP contribution in [0.15, 0.2) is 72.1 Å². The number of nitrogens with zero attached hydrogens (tertiary/aromatic N) is 4. The maximum atomic E-state index is 14.4. The van der Waals surface area contributed by atoms with Gasteiger partial charge in [-0.25, -0.2) is 22.8 Å². The van der Waals surface area contributed by atoms with Crippen molar-refractivity contribution < 1.29 is 17.9 Å². The van der Waals surface area contributed by atoms with Crippen LogP contribution in [0.2, 0.25) is 0 Å². The molecule has 0 aliphatic carbocycles. The minimum absolute atomic E-state index is 0.00446. The highest BCUT2D eigenvalue weighted by atomic mass is 32.2. The van der Waals surface area contributed by atoms with Crippen LogP contribution in [0.25, 0.3) is 11.1 Å². The van der Waals surface area contributed by atoms with Crippen molar-refractivity contribution in [2.24, 2.45) is 0 Å². The maximum Gasteiger partial charge on any atom is 0.246 e. The fourth-order valence-electron chi connectivity index (χ4n) is 5.27. The van der Waals surface area contributed by atoms with E-state index >= 15 is 0 Å². The number of aliphatic hydroxyl groups is 1. The minimum atomic E-state index is -3.97. The Labute approximate surface area is 198 Å². The lowest BCUT2D eigenvalue weighted by Crippen LogP contribution is -2.67. The van der Waals surface area contributed by atoms with Crippen molar-refractivity contribution in [2.75, 3.05) is 26.2 Å². The molecule has 2 aromatic carbocycles. The van der Waals surface area contributed by atoms with E-state index in [1.807, 2.05) is 24.3 Å². The van der Waals surface area contributed by atoms with E-state index in [1.54, 1.807) is 18.5 Å². The lowest BCUT2D eigenvalue weighted by Gasteiger charge is -2.57. The number of aromatic nitrogens is 2. The van der Waals surface area contributed by atoms with Crippen LogP contribution in [0.1, 0.15) is 24.3 Å². The molecule has 2 saturated heterocycles. The number of rotatable bonds is 5. The first-order valence-corrected chi connectivity index (χ1v) is 12.9. The Morgan fingerprint density at radius 3 is 2.38 bits per heavy atom. The molecule has 34 heavy (non-hydrogen) atoms. The number of hydrogen-bond donors (Lipinski definition) is 1. The first-order valence-electron chi connectivity index (χ1n) is 11.5. The smallest absolute Gasteiger partial charge is 0.246 e. The average Bonchev–Trinajstić information content (AvgIpc) is 2.84. The van der Waals surface area contributed by atoms with Crippen molar-refractivity contribution in [3.63, 3.8) is 0 Å². The normalized spacial score (nSPS) is 24.0. The molecule has 0 bridgehead atoms. The van der Waals surface area contributed by atoms with Gasteiger partial charge in [-0.15, -0.1) is 0 Å². The molecule has 1 N–H and O–H groups in total. The van der Waals surface area contributed by atoms with Crippen molar-refractivity contribution in [3.8, 4) is 11.1 Å². The van der Waals surface area contributed by atoms with Crippen LogP contribution < -0.4 is 0 Å². The summed E-state index contributed by atoms with van der Waals surface area (Å²) >= 11 is 0. The largest absolute Gasteiger partial charge is 0.395 e. The van der Waals surface area contributed by atoms with Gasteiger partial charge in [-0.3, -0.25) is 4.90 Å². The topological polar surface area (TPSA) is 86.6 Å². The summed E-state index contributed by atoms with van der Waals surface area (Å²) in [5, 5.41) is 10.2. The van der Waals surface area contributed by atoms with E-state index in [-0.39, 0.29) is 36.0 Å².